The van der Waals surface area contributed by atoms with Gasteiger partial charge in [0, 0.05) is 0 Å². The molecular weight excluding hydrogens is 405 g/mol. The summed E-state index contributed by atoms with van der Waals surface area (Å²) in [6, 6.07) is 19.2. The smallest absolute Gasteiger partial charge is 0.416 e. The van der Waals surface area contributed by atoms with Crippen LogP contribution < -0.4 is 4.74 Å². The first kappa shape index (κ1) is 22.2. The van der Waals surface area contributed by atoms with Crippen LogP contribution in [0.4, 0.5) is 13.2 Å². The summed E-state index contributed by atoms with van der Waals surface area (Å²) in [6.07, 6.45) is -2.69. The van der Waals surface area contributed by atoms with Crippen molar-refractivity contribution in [2.24, 2.45) is 0 Å². The molecule has 1 atom stereocenters. The van der Waals surface area contributed by atoms with E-state index in [-0.39, 0.29) is 13.0 Å². The molecule has 160 valence electrons. The lowest BCUT2D eigenvalue weighted by Crippen LogP contribution is -2.11. The molecule has 0 amide bonds. The molecule has 0 fully saturated rings. The van der Waals surface area contributed by atoms with E-state index in [9.17, 15) is 23.1 Å². The molecule has 0 aliphatic carbocycles. The van der Waals surface area contributed by atoms with Crippen molar-refractivity contribution in [1.29, 1.82) is 0 Å². The monoisotopic (exact) mass is 426 g/mol. The second-order valence-electron chi connectivity index (χ2n) is 7.06. The molecule has 1 N–H and O–H groups in total. The van der Waals surface area contributed by atoms with Crippen molar-refractivity contribution in [2.45, 2.75) is 25.1 Å². The lowest BCUT2D eigenvalue weighted by Gasteiger charge is -2.16. The zero-order valence-corrected chi connectivity index (χ0v) is 16.6. The van der Waals surface area contributed by atoms with Crippen LogP contribution in [0.2, 0.25) is 0 Å². The highest BCUT2D eigenvalue weighted by Gasteiger charge is 2.30. The maximum atomic E-state index is 12.9. The molecule has 0 saturated carbocycles. The lowest BCUT2D eigenvalue weighted by atomic mass is 9.92. The third-order valence-electron chi connectivity index (χ3n) is 4.83. The van der Waals surface area contributed by atoms with Gasteiger partial charge in [0.25, 0.3) is 0 Å². The topological polar surface area (TPSA) is 46.5 Å². The maximum absolute atomic E-state index is 12.9. The third kappa shape index (κ3) is 5.75. The summed E-state index contributed by atoms with van der Waals surface area (Å²) in [5.74, 6) is -1.42. The number of carboxylic acid groups (broad SMARTS) is 1. The van der Waals surface area contributed by atoms with E-state index in [2.05, 4.69) is 6.58 Å². The van der Waals surface area contributed by atoms with E-state index in [4.69, 9.17) is 4.74 Å². The van der Waals surface area contributed by atoms with E-state index in [0.717, 1.165) is 17.7 Å². The number of allylic oxidation sites excluding steroid dienone is 1. The zero-order valence-electron chi connectivity index (χ0n) is 16.6. The molecule has 0 aromatic heterocycles. The van der Waals surface area contributed by atoms with Gasteiger partial charge in [0.2, 0.25) is 0 Å². The first-order chi connectivity index (χ1) is 14.8. The fraction of sp³-hybridized carbons (Fsp3) is 0.160. The van der Waals surface area contributed by atoms with E-state index >= 15 is 0 Å². The molecule has 0 heterocycles. The molecule has 3 nitrogen and oxygen atoms in total. The van der Waals surface area contributed by atoms with Crippen LogP contribution in [0.3, 0.4) is 0 Å². The van der Waals surface area contributed by atoms with Crippen molar-refractivity contribution in [2.75, 3.05) is 0 Å². The van der Waals surface area contributed by atoms with Gasteiger partial charge >= 0.3 is 12.1 Å². The molecule has 3 rings (SSSR count). The lowest BCUT2D eigenvalue weighted by molar-refractivity contribution is -0.139. The van der Waals surface area contributed by atoms with Crippen LogP contribution in [-0.2, 0) is 17.6 Å². The van der Waals surface area contributed by atoms with Crippen molar-refractivity contribution < 1.29 is 27.8 Å². The normalized spacial score (nSPS) is 12.2. The first-order valence-corrected chi connectivity index (χ1v) is 9.61. The van der Waals surface area contributed by atoms with Crippen molar-refractivity contribution in [3.05, 3.63) is 102 Å². The number of carboxylic acids is 1. The molecule has 0 radical (unpaired) electrons. The number of hydrogen-bond acceptors (Lipinski definition) is 2. The van der Waals surface area contributed by atoms with Crippen molar-refractivity contribution in [3.8, 4) is 16.9 Å². The highest BCUT2D eigenvalue weighted by atomic mass is 19.4. The predicted octanol–water partition coefficient (Wildman–Crippen LogP) is 6.70. The standard InChI is InChI=1S/C25H21F3O3/c1-2-6-23(24(29)30)20-13-19(18-9-11-21(12-10-18)25(26,27)28)14-22(15-20)31-16-17-7-4-3-5-8-17/h2-5,7-15,23H,1,6,16H2,(H,29,30). The molecule has 3 aromatic carbocycles. The van der Waals surface area contributed by atoms with Gasteiger partial charge in [0.15, 0.2) is 0 Å². The van der Waals surface area contributed by atoms with E-state index in [0.29, 0.717) is 22.4 Å². The average molecular weight is 426 g/mol. The first-order valence-electron chi connectivity index (χ1n) is 9.61. The van der Waals surface area contributed by atoms with Crippen LogP contribution in [0.5, 0.6) is 5.75 Å². The summed E-state index contributed by atoms with van der Waals surface area (Å²) in [5, 5.41) is 9.63. The highest BCUT2D eigenvalue weighted by molar-refractivity contribution is 5.78. The third-order valence-corrected chi connectivity index (χ3v) is 4.83. The molecule has 31 heavy (non-hydrogen) atoms. The van der Waals surface area contributed by atoms with Crippen molar-refractivity contribution in [1.82, 2.24) is 0 Å². The molecule has 0 saturated heterocycles. The second kappa shape index (κ2) is 9.51. The summed E-state index contributed by atoms with van der Waals surface area (Å²) in [7, 11) is 0. The fourth-order valence-corrected chi connectivity index (χ4v) is 3.21. The van der Waals surface area contributed by atoms with Gasteiger partial charge in [-0.2, -0.15) is 13.2 Å². The summed E-state index contributed by atoms with van der Waals surface area (Å²) in [5.41, 5.74) is 1.78. The van der Waals surface area contributed by atoms with E-state index in [1.54, 1.807) is 18.2 Å². The molecule has 6 heteroatoms. The van der Waals surface area contributed by atoms with Gasteiger partial charge < -0.3 is 9.84 Å². The van der Waals surface area contributed by atoms with E-state index in [1.165, 1.54) is 18.2 Å². The number of carbonyl (C=O) groups is 1. The quantitative estimate of drug-likeness (QED) is 0.408. The van der Waals surface area contributed by atoms with Gasteiger partial charge in [-0.3, -0.25) is 4.79 Å². The summed E-state index contributed by atoms with van der Waals surface area (Å²) < 4.78 is 44.6. The number of rotatable bonds is 8. The minimum absolute atomic E-state index is 0.212. The number of ether oxygens (including phenoxy) is 1. The Kier molecular flexibility index (Phi) is 6.80. The van der Waals surface area contributed by atoms with Crippen molar-refractivity contribution >= 4 is 5.97 Å². The van der Waals surface area contributed by atoms with E-state index < -0.39 is 23.6 Å². The molecule has 0 aliphatic heterocycles. The van der Waals surface area contributed by atoms with Gasteiger partial charge in [0.1, 0.15) is 12.4 Å². The number of hydrogen-bond donors (Lipinski definition) is 1. The number of halogens is 3. The zero-order chi connectivity index (χ0) is 22.4. The Hall–Kier alpha value is -3.54. The number of benzene rings is 3. The predicted molar refractivity (Wildman–Crippen MR) is 113 cm³/mol. The summed E-state index contributed by atoms with van der Waals surface area (Å²) in [6.45, 7) is 3.89. The van der Waals surface area contributed by atoms with Gasteiger partial charge in [-0.05, 0) is 52.9 Å². The Morgan fingerprint density at radius 2 is 1.68 bits per heavy atom. The Labute approximate surface area is 178 Å². The molecule has 0 spiro atoms. The van der Waals surface area contributed by atoms with E-state index in [1.807, 2.05) is 30.3 Å². The van der Waals surface area contributed by atoms with Crippen LogP contribution in [-0.4, -0.2) is 11.1 Å². The Morgan fingerprint density at radius 3 is 2.26 bits per heavy atom. The minimum Gasteiger partial charge on any atom is -0.489 e. The van der Waals surface area contributed by atoms with Gasteiger partial charge in [-0.1, -0.05) is 54.6 Å². The fourth-order valence-electron chi connectivity index (χ4n) is 3.21. The summed E-state index contributed by atoms with van der Waals surface area (Å²) in [4.78, 5) is 11.8. The average Bonchev–Trinajstić information content (AvgIpc) is 2.76. The molecule has 0 aliphatic rings. The SMILES string of the molecule is C=CCC(C(=O)O)c1cc(OCc2ccccc2)cc(-c2ccc(C(F)(F)F)cc2)c1. The highest BCUT2D eigenvalue weighted by Crippen LogP contribution is 2.34. The van der Waals surface area contributed by atoms with Crippen LogP contribution in [0, 0.1) is 0 Å². The largest absolute Gasteiger partial charge is 0.489 e. The molecule has 0 bridgehead atoms. The number of aliphatic carboxylic acids is 1. The molecular formula is C25H21F3O3. The van der Waals surface area contributed by atoms with Gasteiger partial charge in [0.05, 0.1) is 11.5 Å². The maximum Gasteiger partial charge on any atom is 0.416 e. The van der Waals surface area contributed by atoms with Crippen LogP contribution in [0.25, 0.3) is 11.1 Å². The van der Waals surface area contributed by atoms with Crippen LogP contribution in [0.15, 0.2) is 85.5 Å². The van der Waals surface area contributed by atoms with Crippen LogP contribution in [0.1, 0.15) is 29.0 Å². The summed E-state index contributed by atoms with van der Waals surface area (Å²) >= 11 is 0. The molecule has 3 aromatic rings. The van der Waals surface area contributed by atoms with Gasteiger partial charge in [-0.25, -0.2) is 0 Å². The number of alkyl halides is 3. The van der Waals surface area contributed by atoms with Gasteiger partial charge in [-0.15, -0.1) is 6.58 Å². The Bertz CT molecular complexity index is 1040. The molecule has 1 unspecified atom stereocenters. The Morgan fingerprint density at radius 1 is 1.00 bits per heavy atom. The van der Waals surface area contributed by atoms with Crippen LogP contribution >= 0.6 is 0 Å². The second-order valence-corrected chi connectivity index (χ2v) is 7.06. The Balaban J connectivity index is 1.99. The minimum atomic E-state index is -4.43. The van der Waals surface area contributed by atoms with Crippen molar-refractivity contribution in [3.63, 3.8) is 0 Å².